The first kappa shape index (κ1) is 16.4. The summed E-state index contributed by atoms with van der Waals surface area (Å²) in [6.45, 7) is -2.93. The van der Waals surface area contributed by atoms with E-state index in [1.165, 1.54) is 6.07 Å². The molecule has 0 bridgehead atoms. The maximum atomic E-state index is 12.8. The third-order valence-electron chi connectivity index (χ3n) is 4.69. The lowest BCUT2D eigenvalue weighted by Gasteiger charge is -2.16. The smallest absolute Gasteiger partial charge is 0.387 e. The number of nitrogens with zero attached hydrogens (tertiary/aromatic N) is 2. The van der Waals surface area contributed by atoms with Crippen molar-refractivity contribution < 1.29 is 18.3 Å². The maximum absolute atomic E-state index is 12.8. The fraction of sp³-hybridized carbons (Fsp3) is 0.200. The van der Waals surface area contributed by atoms with Gasteiger partial charge >= 0.3 is 6.61 Å². The van der Waals surface area contributed by atoms with E-state index in [0.29, 0.717) is 29.5 Å². The van der Waals surface area contributed by atoms with Crippen LogP contribution in [-0.2, 0) is 13.5 Å². The number of allylic oxidation sites excluding steroid dienone is 1. The molecule has 0 saturated heterocycles. The molecular weight excluding hydrogens is 338 g/mol. The molecule has 1 aromatic heterocycles. The Balaban J connectivity index is 1.86. The number of Topliss-reactive ketones (excluding diaryl/α,β-unsaturated/α-hetero) is 1. The van der Waals surface area contributed by atoms with Gasteiger partial charge in [-0.3, -0.25) is 9.48 Å². The summed E-state index contributed by atoms with van der Waals surface area (Å²) in [5, 5.41) is 5.80. The molecule has 0 amide bonds. The minimum Gasteiger partial charge on any atom is -0.434 e. The Morgan fingerprint density at radius 2 is 2.00 bits per heavy atom. The van der Waals surface area contributed by atoms with Gasteiger partial charge in [0.25, 0.3) is 0 Å². The van der Waals surface area contributed by atoms with Crippen LogP contribution >= 0.6 is 0 Å². The SMILES string of the molecule is Cn1ncc2c1CCC(=Cc1c(OC(F)F)ccc3ccccc13)C2=O. The second kappa shape index (κ2) is 6.37. The Hall–Kier alpha value is -3.02. The number of hydrogen-bond acceptors (Lipinski definition) is 3. The highest BCUT2D eigenvalue weighted by Gasteiger charge is 2.25. The van der Waals surface area contributed by atoms with Crippen LogP contribution in [0.2, 0.25) is 0 Å². The molecule has 1 heterocycles. The molecule has 0 unspecified atom stereocenters. The van der Waals surface area contributed by atoms with Gasteiger partial charge in [-0.15, -0.1) is 0 Å². The Morgan fingerprint density at radius 3 is 2.81 bits per heavy atom. The van der Waals surface area contributed by atoms with Gasteiger partial charge < -0.3 is 4.74 Å². The summed E-state index contributed by atoms with van der Waals surface area (Å²) in [6.07, 6.45) is 4.45. The Bertz CT molecular complexity index is 1040. The lowest BCUT2D eigenvalue weighted by Crippen LogP contribution is -2.15. The maximum Gasteiger partial charge on any atom is 0.387 e. The first-order chi connectivity index (χ1) is 12.5. The molecule has 0 saturated carbocycles. The molecule has 0 radical (unpaired) electrons. The Kier molecular flexibility index (Phi) is 4.03. The number of alkyl halides is 2. The fourth-order valence-electron chi connectivity index (χ4n) is 3.42. The highest BCUT2D eigenvalue weighted by Crippen LogP contribution is 2.34. The molecule has 0 fully saturated rings. The topological polar surface area (TPSA) is 44.1 Å². The van der Waals surface area contributed by atoms with Crippen LogP contribution in [0, 0.1) is 0 Å². The second-order valence-electron chi connectivity index (χ2n) is 6.20. The molecule has 0 aliphatic heterocycles. The number of halogens is 2. The highest BCUT2D eigenvalue weighted by atomic mass is 19.3. The summed E-state index contributed by atoms with van der Waals surface area (Å²) in [5.41, 5.74) is 2.54. The van der Waals surface area contributed by atoms with Gasteiger partial charge in [-0.05, 0) is 35.8 Å². The number of carbonyl (C=O) groups is 1. The number of fused-ring (bicyclic) bond motifs is 2. The fourth-order valence-corrected chi connectivity index (χ4v) is 3.42. The van der Waals surface area contributed by atoms with Crippen LogP contribution in [0.3, 0.4) is 0 Å². The number of ether oxygens (including phenoxy) is 1. The van der Waals surface area contributed by atoms with Crippen molar-refractivity contribution in [3.63, 3.8) is 0 Å². The Morgan fingerprint density at radius 1 is 1.19 bits per heavy atom. The van der Waals surface area contributed by atoms with E-state index < -0.39 is 6.61 Å². The third kappa shape index (κ3) is 2.77. The van der Waals surface area contributed by atoms with Gasteiger partial charge in [-0.25, -0.2) is 0 Å². The third-order valence-corrected chi connectivity index (χ3v) is 4.69. The molecule has 26 heavy (non-hydrogen) atoms. The van der Waals surface area contributed by atoms with E-state index >= 15 is 0 Å². The van der Waals surface area contributed by atoms with Gasteiger partial charge in [0.1, 0.15) is 5.75 Å². The standard InChI is InChI=1S/C20H16F2N2O2/c1-24-17-8-6-13(19(25)16(17)11-23-24)10-15-14-5-3-2-4-12(14)7-9-18(15)26-20(21)22/h2-5,7,9-11,20H,6,8H2,1H3. The van der Waals surface area contributed by atoms with Gasteiger partial charge in [0, 0.05) is 23.9 Å². The van der Waals surface area contributed by atoms with Crippen LogP contribution in [0.15, 0.2) is 48.2 Å². The minimum atomic E-state index is -2.93. The Labute approximate surface area is 148 Å². The summed E-state index contributed by atoms with van der Waals surface area (Å²) in [5.74, 6) is -0.0498. The molecule has 1 aliphatic carbocycles. The summed E-state index contributed by atoms with van der Waals surface area (Å²) in [4.78, 5) is 12.8. The van der Waals surface area contributed by atoms with E-state index in [0.717, 1.165) is 16.5 Å². The molecule has 6 heteroatoms. The van der Waals surface area contributed by atoms with Gasteiger partial charge in [0.2, 0.25) is 0 Å². The van der Waals surface area contributed by atoms with Gasteiger partial charge in [0.15, 0.2) is 5.78 Å². The zero-order valence-corrected chi connectivity index (χ0v) is 14.1. The monoisotopic (exact) mass is 354 g/mol. The van der Waals surface area contributed by atoms with E-state index in [9.17, 15) is 13.6 Å². The average Bonchev–Trinajstić information content (AvgIpc) is 3.00. The zero-order chi connectivity index (χ0) is 18.3. The van der Waals surface area contributed by atoms with Gasteiger partial charge in [-0.1, -0.05) is 30.3 Å². The predicted molar refractivity (Wildman–Crippen MR) is 94.4 cm³/mol. The summed E-state index contributed by atoms with van der Waals surface area (Å²) in [7, 11) is 1.81. The highest BCUT2D eigenvalue weighted by molar-refractivity contribution is 6.14. The molecule has 0 N–H and O–H groups in total. The van der Waals surface area contributed by atoms with Crippen molar-refractivity contribution in [1.29, 1.82) is 0 Å². The van der Waals surface area contributed by atoms with Crippen LogP contribution in [0.25, 0.3) is 16.8 Å². The number of benzene rings is 2. The van der Waals surface area contributed by atoms with Crippen molar-refractivity contribution in [2.45, 2.75) is 19.5 Å². The lowest BCUT2D eigenvalue weighted by molar-refractivity contribution is -0.0498. The molecule has 4 nitrogen and oxygen atoms in total. The summed E-state index contributed by atoms with van der Waals surface area (Å²) < 4.78 is 32.1. The van der Waals surface area contributed by atoms with Crippen molar-refractivity contribution >= 4 is 22.6 Å². The number of aromatic nitrogens is 2. The molecular formula is C20H16F2N2O2. The van der Waals surface area contributed by atoms with Crippen LogP contribution in [0.4, 0.5) is 8.78 Å². The second-order valence-corrected chi connectivity index (χ2v) is 6.20. The minimum absolute atomic E-state index is 0.0657. The lowest BCUT2D eigenvalue weighted by atomic mass is 9.89. The largest absolute Gasteiger partial charge is 0.434 e. The van der Waals surface area contributed by atoms with E-state index in [4.69, 9.17) is 4.74 Å². The van der Waals surface area contributed by atoms with Crippen LogP contribution in [0.5, 0.6) is 5.75 Å². The van der Waals surface area contributed by atoms with Crippen molar-refractivity contribution in [1.82, 2.24) is 9.78 Å². The first-order valence-corrected chi connectivity index (χ1v) is 8.27. The van der Waals surface area contributed by atoms with Crippen molar-refractivity contribution in [2.24, 2.45) is 7.05 Å². The van der Waals surface area contributed by atoms with Gasteiger partial charge in [0.05, 0.1) is 11.8 Å². The number of hydrogen-bond donors (Lipinski definition) is 0. The predicted octanol–water partition coefficient (Wildman–Crippen LogP) is 4.39. The van der Waals surface area contributed by atoms with Crippen molar-refractivity contribution in [2.75, 3.05) is 0 Å². The quantitative estimate of drug-likeness (QED) is 0.656. The molecule has 0 spiro atoms. The number of ketones is 1. The molecule has 4 rings (SSSR count). The molecule has 3 aromatic rings. The van der Waals surface area contributed by atoms with Gasteiger partial charge in [-0.2, -0.15) is 13.9 Å². The normalized spacial score (nSPS) is 15.7. The van der Waals surface area contributed by atoms with Crippen LogP contribution < -0.4 is 4.74 Å². The van der Waals surface area contributed by atoms with Crippen LogP contribution in [-0.4, -0.2) is 22.2 Å². The summed E-state index contributed by atoms with van der Waals surface area (Å²) in [6, 6.07) is 10.7. The van der Waals surface area contributed by atoms with Crippen molar-refractivity contribution in [3.05, 3.63) is 65.0 Å². The number of aryl methyl sites for hydroxylation is 1. The molecule has 132 valence electrons. The zero-order valence-electron chi connectivity index (χ0n) is 14.1. The van der Waals surface area contributed by atoms with E-state index in [1.807, 2.05) is 24.3 Å². The van der Waals surface area contributed by atoms with Crippen LogP contribution in [0.1, 0.15) is 28.0 Å². The number of carbonyl (C=O) groups excluding carboxylic acids is 1. The average molecular weight is 354 g/mol. The first-order valence-electron chi connectivity index (χ1n) is 8.27. The van der Waals surface area contributed by atoms with E-state index in [1.54, 1.807) is 30.1 Å². The molecule has 1 aliphatic rings. The molecule has 2 aromatic carbocycles. The van der Waals surface area contributed by atoms with E-state index in [-0.39, 0.29) is 11.5 Å². The van der Waals surface area contributed by atoms with Crippen molar-refractivity contribution in [3.8, 4) is 5.75 Å². The summed E-state index contributed by atoms with van der Waals surface area (Å²) >= 11 is 0. The number of rotatable bonds is 3. The van der Waals surface area contributed by atoms with E-state index in [2.05, 4.69) is 5.10 Å². The molecule has 0 atom stereocenters.